The minimum absolute atomic E-state index is 0.0586. The van der Waals surface area contributed by atoms with Crippen LogP contribution < -0.4 is 4.57 Å². The Balaban J connectivity index is 1.71. The summed E-state index contributed by atoms with van der Waals surface area (Å²) in [5.41, 5.74) is 5.26. The summed E-state index contributed by atoms with van der Waals surface area (Å²) in [6.45, 7) is 6.81. The molecule has 0 radical (unpaired) electrons. The zero-order valence-electron chi connectivity index (χ0n) is 16.6. The molecule has 0 unspecified atom stereocenters. The molecule has 3 nitrogen and oxygen atoms in total. The van der Waals surface area contributed by atoms with E-state index in [1.807, 2.05) is 0 Å². The Labute approximate surface area is 161 Å². The number of hydrogen-bond acceptors (Lipinski definition) is 1. The summed E-state index contributed by atoms with van der Waals surface area (Å²) in [5, 5.41) is 5.03. The molecule has 1 aliphatic carbocycles. The maximum atomic E-state index is 5.03. The molecule has 1 aliphatic heterocycles. The normalized spacial score (nSPS) is 18.3. The maximum absolute atomic E-state index is 5.03. The number of rotatable bonds is 2. The van der Waals surface area contributed by atoms with Crippen LogP contribution in [0.2, 0.25) is 0 Å². The van der Waals surface area contributed by atoms with Crippen molar-refractivity contribution in [3.63, 3.8) is 0 Å². The van der Waals surface area contributed by atoms with E-state index in [1.54, 1.807) is 0 Å². The van der Waals surface area contributed by atoms with Crippen molar-refractivity contribution in [1.82, 2.24) is 9.78 Å². The van der Waals surface area contributed by atoms with Gasteiger partial charge in [0.25, 0.3) is 11.6 Å². The molecule has 2 aliphatic rings. The van der Waals surface area contributed by atoms with Gasteiger partial charge in [-0.15, -0.1) is 4.68 Å². The number of aryl methyl sites for hydroxylation is 1. The summed E-state index contributed by atoms with van der Waals surface area (Å²) < 4.78 is 4.82. The molecule has 0 amide bonds. The van der Waals surface area contributed by atoms with Gasteiger partial charge in [0, 0.05) is 17.6 Å². The zero-order chi connectivity index (χ0) is 18.6. The lowest BCUT2D eigenvalue weighted by molar-refractivity contribution is -0.737. The van der Waals surface area contributed by atoms with E-state index < -0.39 is 0 Å². The van der Waals surface area contributed by atoms with Gasteiger partial charge in [0.2, 0.25) is 0 Å². The smallest absolute Gasteiger partial charge is 0.219 e. The molecule has 3 aromatic rings. The Bertz CT molecular complexity index is 992. The van der Waals surface area contributed by atoms with E-state index in [0.717, 1.165) is 5.82 Å². The van der Waals surface area contributed by atoms with Gasteiger partial charge in [-0.1, -0.05) is 48.9 Å². The molecule has 0 spiro atoms. The number of hydrogen-bond donors (Lipinski definition) is 0. The van der Waals surface area contributed by atoms with Crippen molar-refractivity contribution in [1.29, 1.82) is 0 Å². The van der Waals surface area contributed by atoms with Gasteiger partial charge in [-0.05, 0) is 56.7 Å². The highest BCUT2D eigenvalue weighted by atomic mass is 15.4. The second kappa shape index (κ2) is 6.05. The molecule has 2 heterocycles. The van der Waals surface area contributed by atoms with E-state index in [4.69, 9.17) is 5.10 Å². The van der Waals surface area contributed by atoms with Crippen molar-refractivity contribution in [2.24, 2.45) is 0 Å². The Kier molecular flexibility index (Phi) is 3.75. The first-order valence-electron chi connectivity index (χ1n) is 10.3. The van der Waals surface area contributed by atoms with Crippen molar-refractivity contribution in [2.75, 3.05) is 0 Å². The second-order valence-corrected chi connectivity index (χ2v) is 8.63. The highest BCUT2D eigenvalue weighted by molar-refractivity contribution is 5.73. The summed E-state index contributed by atoms with van der Waals surface area (Å²) in [7, 11) is 0. The average molecular weight is 359 g/mol. The van der Waals surface area contributed by atoms with E-state index in [2.05, 4.69) is 78.6 Å². The van der Waals surface area contributed by atoms with Crippen LogP contribution in [0.25, 0.3) is 22.5 Å². The molecular weight excluding hydrogens is 330 g/mol. The fourth-order valence-corrected chi connectivity index (χ4v) is 5.19. The summed E-state index contributed by atoms with van der Waals surface area (Å²) >= 11 is 0. The molecule has 0 atom stereocenters. The van der Waals surface area contributed by atoms with Crippen LogP contribution in [0, 0.1) is 6.92 Å². The third kappa shape index (κ3) is 2.48. The Hall–Kier alpha value is -2.42. The van der Waals surface area contributed by atoms with Gasteiger partial charge in [0.1, 0.15) is 11.6 Å². The van der Waals surface area contributed by atoms with Crippen LogP contribution in [0.1, 0.15) is 63.4 Å². The molecule has 138 valence electrons. The van der Waals surface area contributed by atoms with Gasteiger partial charge < -0.3 is 0 Å². The second-order valence-electron chi connectivity index (χ2n) is 8.63. The van der Waals surface area contributed by atoms with Crippen molar-refractivity contribution in [2.45, 2.75) is 64.5 Å². The van der Waals surface area contributed by atoms with Gasteiger partial charge in [0.15, 0.2) is 0 Å². The van der Waals surface area contributed by atoms with Crippen molar-refractivity contribution < 1.29 is 4.57 Å². The lowest BCUT2D eigenvalue weighted by atomic mass is 9.90. The number of nitrogens with zero attached hydrogens (tertiary/aromatic N) is 3. The Morgan fingerprint density at radius 1 is 0.963 bits per heavy atom. The Morgan fingerprint density at radius 3 is 2.44 bits per heavy atom. The van der Waals surface area contributed by atoms with Crippen LogP contribution in [0.3, 0.4) is 0 Å². The first-order chi connectivity index (χ1) is 13.1. The van der Waals surface area contributed by atoms with Crippen LogP contribution in [-0.2, 0) is 5.54 Å². The molecule has 2 aromatic carbocycles. The molecule has 3 heteroatoms. The molecule has 1 aromatic heterocycles. The largest absolute Gasteiger partial charge is 0.275 e. The molecule has 1 saturated carbocycles. The van der Waals surface area contributed by atoms with Gasteiger partial charge in [0.05, 0.1) is 5.56 Å². The van der Waals surface area contributed by atoms with E-state index in [1.165, 1.54) is 60.2 Å². The average Bonchev–Trinajstić information content (AvgIpc) is 3.17. The highest BCUT2D eigenvalue weighted by Crippen LogP contribution is 2.42. The van der Waals surface area contributed by atoms with Gasteiger partial charge in [-0.25, -0.2) is 4.57 Å². The third-order valence-electron chi connectivity index (χ3n) is 6.51. The maximum Gasteiger partial charge on any atom is 0.275 e. The van der Waals surface area contributed by atoms with Gasteiger partial charge in [-0.3, -0.25) is 0 Å². The lowest BCUT2D eigenvalue weighted by Gasteiger charge is -2.19. The van der Waals surface area contributed by atoms with Crippen molar-refractivity contribution in [3.05, 3.63) is 59.9 Å². The van der Waals surface area contributed by atoms with Gasteiger partial charge in [-0.2, -0.15) is 0 Å². The van der Waals surface area contributed by atoms with Crippen LogP contribution in [0.4, 0.5) is 0 Å². The highest BCUT2D eigenvalue weighted by Gasteiger charge is 2.46. The zero-order valence-corrected chi connectivity index (χ0v) is 16.6. The van der Waals surface area contributed by atoms with Crippen LogP contribution in [0.5, 0.6) is 0 Å². The summed E-state index contributed by atoms with van der Waals surface area (Å²) in [6, 6.07) is 18.2. The third-order valence-corrected chi connectivity index (χ3v) is 6.51. The summed E-state index contributed by atoms with van der Waals surface area (Å²) in [5.74, 6) is 2.43. The minimum atomic E-state index is -0.0586. The predicted molar refractivity (Wildman–Crippen MR) is 109 cm³/mol. The monoisotopic (exact) mass is 358 g/mol. The van der Waals surface area contributed by atoms with Crippen LogP contribution in [0.15, 0.2) is 48.5 Å². The van der Waals surface area contributed by atoms with Gasteiger partial charge >= 0.3 is 0 Å². The van der Waals surface area contributed by atoms with Crippen LogP contribution >= 0.6 is 0 Å². The fourth-order valence-electron chi connectivity index (χ4n) is 5.19. The number of fused-ring (bicyclic) bond motifs is 3. The molecule has 0 bridgehead atoms. The molecule has 5 rings (SSSR count). The molecular formula is C24H28N3+. The molecule has 0 N–H and O–H groups in total. The van der Waals surface area contributed by atoms with Crippen molar-refractivity contribution in [3.8, 4) is 22.5 Å². The van der Waals surface area contributed by atoms with Crippen LogP contribution in [-0.4, -0.2) is 9.78 Å². The quantitative estimate of drug-likeness (QED) is 0.561. The standard InChI is InChI=1S/C24H28N3/c1-17-25-27(20-12-8-5-9-13-20)23-21-16-19(18-10-6-4-7-11-18)14-15-22(21)24(2,3)26(17)23/h4,6-7,10-11,14-16,20H,5,8-9,12-13H2,1-3H3/q+1. The Morgan fingerprint density at radius 2 is 1.70 bits per heavy atom. The topological polar surface area (TPSA) is 21.7 Å². The molecule has 0 saturated heterocycles. The number of benzene rings is 2. The van der Waals surface area contributed by atoms with E-state index in [9.17, 15) is 0 Å². The summed E-state index contributed by atoms with van der Waals surface area (Å²) in [6.07, 6.45) is 6.52. The molecule has 1 fully saturated rings. The van der Waals surface area contributed by atoms with E-state index in [0.29, 0.717) is 6.04 Å². The fraction of sp³-hybridized carbons (Fsp3) is 0.417. The summed E-state index contributed by atoms with van der Waals surface area (Å²) in [4.78, 5) is 0. The molecule has 27 heavy (non-hydrogen) atoms. The number of aromatic nitrogens is 3. The first-order valence-corrected chi connectivity index (χ1v) is 10.3. The lowest BCUT2D eigenvalue weighted by Crippen LogP contribution is -2.51. The van der Waals surface area contributed by atoms with E-state index in [-0.39, 0.29) is 5.54 Å². The predicted octanol–water partition coefficient (Wildman–Crippen LogP) is 5.42. The van der Waals surface area contributed by atoms with Crippen molar-refractivity contribution >= 4 is 0 Å². The SMILES string of the molecule is Cc1nn(C2CCCCC2)c2[n+]1C(C)(C)c1ccc(-c3ccccc3)cc1-2. The minimum Gasteiger partial charge on any atom is -0.219 e. The first kappa shape index (κ1) is 16.7. The van der Waals surface area contributed by atoms with E-state index >= 15 is 0 Å².